The average Bonchev–Trinajstić information content (AvgIpc) is 3.58. The first-order chi connectivity index (χ1) is 19.9. The summed E-state index contributed by atoms with van der Waals surface area (Å²) in [6.07, 6.45) is 22.1. The molecule has 1 aliphatic rings. The molecule has 2 aromatic heterocycles. The van der Waals surface area contributed by atoms with Crippen LogP contribution < -0.4 is 5.32 Å². The quantitative estimate of drug-likeness (QED) is 0.0835. The second-order valence-electron chi connectivity index (χ2n) is 11.0. The molecule has 0 aliphatic carbocycles. The van der Waals surface area contributed by atoms with Gasteiger partial charge in [0.05, 0.1) is 6.33 Å². The number of anilines is 1. The Kier molecular flexibility index (Phi) is 13.5. The molecule has 0 spiro atoms. The van der Waals surface area contributed by atoms with Crippen molar-refractivity contribution in [3.05, 3.63) is 12.4 Å². The summed E-state index contributed by atoms with van der Waals surface area (Å²) in [5.74, 6) is 2.11. The van der Waals surface area contributed by atoms with E-state index in [1.807, 2.05) is 6.92 Å². The van der Waals surface area contributed by atoms with E-state index in [4.69, 9.17) is 15.9 Å². The maximum Gasteiger partial charge on any atom is 0.312 e. The fourth-order valence-electron chi connectivity index (χ4n) is 5.11. The minimum absolute atomic E-state index is 0.0328. The highest BCUT2D eigenvalue weighted by atomic mass is 19.1. The van der Waals surface area contributed by atoms with E-state index in [1.165, 1.54) is 57.7 Å². The van der Waals surface area contributed by atoms with Crippen molar-refractivity contribution in [2.45, 2.75) is 135 Å². The molecule has 2 atom stereocenters. The van der Waals surface area contributed by atoms with Crippen LogP contribution in [0, 0.1) is 18.4 Å². The number of rotatable bonds is 19. The number of hydrogen-bond acceptors (Lipinski definition) is 7. The van der Waals surface area contributed by atoms with Crippen molar-refractivity contribution < 1.29 is 23.5 Å². The van der Waals surface area contributed by atoms with Crippen LogP contribution in [0.1, 0.15) is 129 Å². The van der Waals surface area contributed by atoms with Crippen LogP contribution in [-0.4, -0.2) is 43.6 Å². The zero-order valence-electron chi connectivity index (χ0n) is 24.8. The summed E-state index contributed by atoms with van der Waals surface area (Å²) in [6, 6.07) is 0. The van der Waals surface area contributed by atoms with Gasteiger partial charge < -0.3 is 14.8 Å². The van der Waals surface area contributed by atoms with E-state index in [2.05, 4.69) is 33.1 Å². The largest absolute Gasteiger partial charge is 0.462 e. The monoisotopic (exact) mass is 571 g/mol. The molecule has 9 nitrogen and oxygen atoms in total. The summed E-state index contributed by atoms with van der Waals surface area (Å²) in [5.41, 5.74) is -0.618. The van der Waals surface area contributed by atoms with E-state index in [9.17, 15) is 14.0 Å². The normalized spacial score (nSPS) is 18.4. The van der Waals surface area contributed by atoms with E-state index in [-0.39, 0.29) is 35.5 Å². The molecule has 2 unspecified atom stereocenters. The average molecular weight is 572 g/mol. The van der Waals surface area contributed by atoms with Crippen LogP contribution in [0.5, 0.6) is 0 Å². The van der Waals surface area contributed by atoms with Gasteiger partial charge in [-0.25, -0.2) is 4.98 Å². The Bertz CT molecular complexity index is 1160. The zero-order valence-corrected chi connectivity index (χ0v) is 24.8. The van der Waals surface area contributed by atoms with Crippen LogP contribution in [0.2, 0.25) is 0 Å². The van der Waals surface area contributed by atoms with Gasteiger partial charge in [0.1, 0.15) is 12.8 Å². The van der Waals surface area contributed by atoms with E-state index in [0.29, 0.717) is 25.7 Å². The molecule has 1 saturated heterocycles. The summed E-state index contributed by atoms with van der Waals surface area (Å²) in [4.78, 5) is 36.6. The fraction of sp³-hybridized carbons (Fsp3) is 0.710. The molecule has 1 amide bonds. The number of halogens is 1. The molecule has 2 aromatic rings. The lowest BCUT2D eigenvalue weighted by Gasteiger charge is -2.23. The van der Waals surface area contributed by atoms with Gasteiger partial charge in [-0.3, -0.25) is 14.2 Å². The van der Waals surface area contributed by atoms with Gasteiger partial charge in [-0.1, -0.05) is 90.4 Å². The lowest BCUT2D eigenvalue weighted by atomic mass is 10.0. The molecule has 10 heteroatoms. The Morgan fingerprint density at radius 1 is 1.05 bits per heavy atom. The molecule has 1 N–H and O–H groups in total. The van der Waals surface area contributed by atoms with Crippen LogP contribution in [0.25, 0.3) is 11.2 Å². The van der Waals surface area contributed by atoms with Gasteiger partial charge in [0.2, 0.25) is 5.91 Å². The summed E-state index contributed by atoms with van der Waals surface area (Å²) in [7, 11) is 0. The number of unbranched alkanes of at least 4 members (excludes halogenated alkanes) is 11. The number of carbonyl (C=O) groups excluding carboxylic acids is 2. The van der Waals surface area contributed by atoms with Gasteiger partial charge in [-0.15, -0.1) is 6.42 Å². The third-order valence-corrected chi connectivity index (χ3v) is 7.59. The van der Waals surface area contributed by atoms with Gasteiger partial charge in [0.15, 0.2) is 22.6 Å². The highest BCUT2D eigenvalue weighted by molar-refractivity contribution is 5.96. The standard InChI is InChI=1S/C31H46FN5O4/c1-4-7-9-10-11-12-13-14-15-16-17-18-24(38)34-28-27-29(36-30(32)35-28)37(23-33-27)25-20-21-31(6-3,41-25)22-40-26(39)19-8-5-2/h3,23,25H,4-5,7-22H2,1-2H3,(H,34,35,36,38). The van der Waals surface area contributed by atoms with E-state index in [0.717, 1.165) is 32.1 Å². The SMILES string of the molecule is C#CC1(COC(=O)CCCC)CCC(n2cnc3c(NC(=O)CCCCCCCCCCCCC)nc(F)nc32)O1. The lowest BCUT2D eigenvalue weighted by Crippen LogP contribution is -2.34. The number of amides is 1. The van der Waals surface area contributed by atoms with Crippen molar-refractivity contribution in [3.63, 3.8) is 0 Å². The number of nitrogens with zero attached hydrogens (tertiary/aromatic N) is 4. The number of nitrogens with one attached hydrogen (secondary N) is 1. The molecule has 1 aliphatic heterocycles. The first kappa shape index (κ1) is 32.5. The van der Waals surface area contributed by atoms with Gasteiger partial charge in [0, 0.05) is 12.8 Å². The zero-order chi connectivity index (χ0) is 29.5. The molecule has 0 radical (unpaired) electrons. The Hall–Kier alpha value is -3.06. The van der Waals surface area contributed by atoms with Gasteiger partial charge in [-0.2, -0.15) is 14.4 Å². The maximum atomic E-state index is 14.4. The van der Waals surface area contributed by atoms with Crippen molar-refractivity contribution in [2.75, 3.05) is 11.9 Å². The fourth-order valence-corrected chi connectivity index (χ4v) is 5.11. The van der Waals surface area contributed by atoms with E-state index >= 15 is 0 Å². The number of imidazole rings is 1. The first-order valence-electron chi connectivity index (χ1n) is 15.4. The highest BCUT2D eigenvalue weighted by Gasteiger charge is 2.41. The maximum absolute atomic E-state index is 14.4. The molecule has 1 fully saturated rings. The molecule has 0 saturated carbocycles. The van der Waals surface area contributed by atoms with Crippen molar-refractivity contribution >= 4 is 28.9 Å². The van der Waals surface area contributed by atoms with E-state index in [1.54, 1.807) is 4.57 Å². The van der Waals surface area contributed by atoms with Crippen LogP contribution >= 0.6 is 0 Å². The summed E-state index contributed by atoms with van der Waals surface area (Å²) in [6.45, 7) is 4.17. The summed E-state index contributed by atoms with van der Waals surface area (Å²) < 4.78 is 27.5. The minimum atomic E-state index is -1.08. The number of aromatic nitrogens is 4. The van der Waals surface area contributed by atoms with Crippen LogP contribution in [0.3, 0.4) is 0 Å². The molecule has 0 bridgehead atoms. The van der Waals surface area contributed by atoms with Gasteiger partial charge in [-0.05, 0) is 25.7 Å². The third-order valence-electron chi connectivity index (χ3n) is 7.59. The second-order valence-corrected chi connectivity index (χ2v) is 11.0. The van der Waals surface area contributed by atoms with Gasteiger partial charge >= 0.3 is 12.0 Å². The molecule has 3 heterocycles. The van der Waals surface area contributed by atoms with Crippen molar-refractivity contribution in [1.29, 1.82) is 0 Å². The van der Waals surface area contributed by atoms with Crippen molar-refractivity contribution in [2.24, 2.45) is 0 Å². The summed E-state index contributed by atoms with van der Waals surface area (Å²) in [5, 5.41) is 2.71. The molecule has 3 rings (SSSR count). The number of ether oxygens (including phenoxy) is 2. The number of esters is 1. The second kappa shape index (κ2) is 17.0. The Morgan fingerprint density at radius 3 is 2.37 bits per heavy atom. The summed E-state index contributed by atoms with van der Waals surface area (Å²) >= 11 is 0. The predicted molar refractivity (Wildman–Crippen MR) is 156 cm³/mol. The first-order valence-corrected chi connectivity index (χ1v) is 15.4. The molecular weight excluding hydrogens is 525 g/mol. The number of hydrogen-bond donors (Lipinski definition) is 1. The van der Waals surface area contributed by atoms with Crippen LogP contribution in [0.15, 0.2) is 6.33 Å². The predicted octanol–water partition coefficient (Wildman–Crippen LogP) is 7.02. The number of carbonyl (C=O) groups is 2. The van der Waals surface area contributed by atoms with Gasteiger partial charge in [0.25, 0.3) is 0 Å². The highest BCUT2D eigenvalue weighted by Crippen LogP contribution is 2.38. The Morgan fingerprint density at radius 2 is 1.71 bits per heavy atom. The van der Waals surface area contributed by atoms with Crippen molar-refractivity contribution in [3.8, 4) is 12.3 Å². The van der Waals surface area contributed by atoms with Crippen LogP contribution in [-0.2, 0) is 19.1 Å². The molecule has 226 valence electrons. The number of terminal acetylenes is 1. The third kappa shape index (κ3) is 10.1. The van der Waals surface area contributed by atoms with Crippen molar-refractivity contribution in [1.82, 2.24) is 19.5 Å². The van der Waals surface area contributed by atoms with E-state index < -0.39 is 17.9 Å². The topological polar surface area (TPSA) is 108 Å². The number of fused-ring (bicyclic) bond motifs is 1. The molecule has 41 heavy (non-hydrogen) atoms. The Balaban J connectivity index is 1.49. The lowest BCUT2D eigenvalue weighted by molar-refractivity contribution is -0.152. The molecular formula is C31H46FN5O4. The smallest absolute Gasteiger partial charge is 0.312 e. The molecule has 0 aromatic carbocycles. The Labute approximate surface area is 243 Å². The van der Waals surface area contributed by atoms with Crippen LogP contribution in [0.4, 0.5) is 10.2 Å². The minimum Gasteiger partial charge on any atom is -0.462 e.